The quantitative estimate of drug-likeness (QED) is 0.665. The van der Waals surface area contributed by atoms with Gasteiger partial charge in [-0.2, -0.15) is 5.10 Å². The molecule has 0 radical (unpaired) electrons. The molecule has 2 aromatic carbocycles. The lowest BCUT2D eigenvalue weighted by molar-refractivity contribution is 0.0988. The molecule has 0 saturated carbocycles. The first-order valence-electron chi connectivity index (χ1n) is 8.16. The molecule has 0 bridgehead atoms. The van der Waals surface area contributed by atoms with Crippen LogP contribution in [0.2, 0.25) is 0 Å². The average molecular weight is 345 g/mol. The number of amides is 1. The summed E-state index contributed by atoms with van der Waals surface area (Å²) in [7, 11) is 1.72. The molecule has 3 aromatic rings. The fraction of sp³-hybridized carbons (Fsp3) is 0.143. The van der Waals surface area contributed by atoms with Gasteiger partial charge < -0.3 is 9.64 Å². The maximum Gasteiger partial charge on any atom is 0.278 e. The number of benzene rings is 2. The number of carbonyl (C=O) groups excluding carboxylic acids is 1. The Balaban J connectivity index is 1.80. The fourth-order valence-corrected chi connectivity index (χ4v) is 2.59. The molecular weight excluding hydrogens is 326 g/mol. The molecule has 5 nitrogen and oxygen atoms in total. The SMILES string of the molecule is C#CCOc1ccc(N(C)C(=O)c2cc(C)n(-c3ccccc3)n2)cc1. The molecule has 0 unspecified atom stereocenters. The van der Waals surface area contributed by atoms with Crippen LogP contribution < -0.4 is 9.64 Å². The van der Waals surface area contributed by atoms with Gasteiger partial charge in [0.15, 0.2) is 5.69 Å². The zero-order valence-corrected chi connectivity index (χ0v) is 14.7. The second kappa shape index (κ2) is 7.58. The topological polar surface area (TPSA) is 47.4 Å². The van der Waals surface area contributed by atoms with E-state index in [1.165, 1.54) is 0 Å². The van der Waals surface area contributed by atoms with Gasteiger partial charge in [0.2, 0.25) is 0 Å². The van der Waals surface area contributed by atoms with Crippen molar-refractivity contribution in [3.8, 4) is 23.8 Å². The highest BCUT2D eigenvalue weighted by Crippen LogP contribution is 2.21. The number of carbonyl (C=O) groups is 1. The first-order chi connectivity index (χ1) is 12.6. The number of ether oxygens (including phenoxy) is 1. The highest BCUT2D eigenvalue weighted by Gasteiger charge is 2.18. The Kier molecular flexibility index (Phi) is 5.04. The van der Waals surface area contributed by atoms with E-state index in [2.05, 4.69) is 11.0 Å². The number of anilines is 1. The Bertz CT molecular complexity index is 938. The summed E-state index contributed by atoms with van der Waals surface area (Å²) < 4.78 is 7.11. The van der Waals surface area contributed by atoms with Crippen molar-refractivity contribution in [2.45, 2.75) is 6.92 Å². The molecule has 1 aromatic heterocycles. The number of aromatic nitrogens is 2. The maximum atomic E-state index is 12.8. The van der Waals surface area contributed by atoms with Crippen LogP contribution in [0.25, 0.3) is 5.69 Å². The van der Waals surface area contributed by atoms with Gasteiger partial charge in [0.1, 0.15) is 12.4 Å². The third kappa shape index (κ3) is 3.60. The van der Waals surface area contributed by atoms with Crippen LogP contribution in [0.1, 0.15) is 16.2 Å². The molecule has 0 saturated heterocycles. The van der Waals surface area contributed by atoms with Crippen LogP contribution in [0.3, 0.4) is 0 Å². The number of hydrogen-bond donors (Lipinski definition) is 0. The number of terminal acetylenes is 1. The van der Waals surface area contributed by atoms with Gasteiger partial charge in [-0.25, -0.2) is 4.68 Å². The predicted molar refractivity (Wildman–Crippen MR) is 102 cm³/mol. The van der Waals surface area contributed by atoms with Gasteiger partial charge in [-0.3, -0.25) is 4.79 Å². The van der Waals surface area contributed by atoms with E-state index < -0.39 is 0 Å². The van der Waals surface area contributed by atoms with Crippen LogP contribution >= 0.6 is 0 Å². The van der Waals surface area contributed by atoms with Gasteiger partial charge in [0.05, 0.1) is 5.69 Å². The molecule has 0 fully saturated rings. The lowest BCUT2D eigenvalue weighted by Gasteiger charge is -2.16. The van der Waals surface area contributed by atoms with Crippen molar-refractivity contribution in [3.63, 3.8) is 0 Å². The predicted octanol–water partition coefficient (Wildman–Crippen LogP) is 3.47. The summed E-state index contributed by atoms with van der Waals surface area (Å²) in [6.07, 6.45) is 5.18. The van der Waals surface area contributed by atoms with E-state index >= 15 is 0 Å². The van der Waals surface area contributed by atoms with E-state index in [-0.39, 0.29) is 12.5 Å². The molecule has 0 aliphatic rings. The largest absolute Gasteiger partial charge is 0.481 e. The minimum atomic E-state index is -0.180. The van der Waals surface area contributed by atoms with Crippen molar-refractivity contribution in [1.82, 2.24) is 9.78 Å². The van der Waals surface area contributed by atoms with Crippen LogP contribution in [-0.4, -0.2) is 29.3 Å². The summed E-state index contributed by atoms with van der Waals surface area (Å²) in [6.45, 7) is 2.14. The second-order valence-corrected chi connectivity index (χ2v) is 5.77. The molecule has 26 heavy (non-hydrogen) atoms. The van der Waals surface area contributed by atoms with Crippen molar-refractivity contribution in [2.24, 2.45) is 0 Å². The minimum absolute atomic E-state index is 0.180. The Morgan fingerprint density at radius 2 is 1.88 bits per heavy atom. The highest BCUT2D eigenvalue weighted by atomic mass is 16.5. The second-order valence-electron chi connectivity index (χ2n) is 5.77. The Morgan fingerprint density at radius 1 is 1.19 bits per heavy atom. The molecule has 0 N–H and O–H groups in total. The van der Waals surface area contributed by atoms with Gasteiger partial charge in [-0.05, 0) is 49.4 Å². The zero-order valence-electron chi connectivity index (χ0n) is 14.7. The van der Waals surface area contributed by atoms with Crippen LogP contribution in [-0.2, 0) is 0 Å². The lowest BCUT2D eigenvalue weighted by atomic mass is 10.2. The number of aryl methyl sites for hydroxylation is 1. The van der Waals surface area contributed by atoms with E-state index in [1.807, 2.05) is 49.4 Å². The fourth-order valence-electron chi connectivity index (χ4n) is 2.59. The summed E-state index contributed by atoms with van der Waals surface area (Å²) in [5, 5.41) is 4.46. The van der Waals surface area contributed by atoms with Crippen LogP contribution in [0.15, 0.2) is 60.7 Å². The van der Waals surface area contributed by atoms with E-state index in [4.69, 9.17) is 11.2 Å². The van der Waals surface area contributed by atoms with Gasteiger partial charge in [0.25, 0.3) is 5.91 Å². The first kappa shape index (κ1) is 17.3. The summed E-state index contributed by atoms with van der Waals surface area (Å²) in [5.74, 6) is 2.90. The van der Waals surface area contributed by atoms with Gasteiger partial charge in [-0.1, -0.05) is 24.1 Å². The molecule has 0 aliphatic heterocycles. The number of nitrogens with zero attached hydrogens (tertiary/aromatic N) is 3. The number of rotatable bonds is 5. The molecule has 1 amide bonds. The highest BCUT2D eigenvalue weighted by molar-refractivity contribution is 6.04. The van der Waals surface area contributed by atoms with Crippen molar-refractivity contribution >= 4 is 11.6 Å². The summed E-state index contributed by atoms with van der Waals surface area (Å²) in [5.41, 5.74) is 2.95. The standard InChI is InChI=1S/C21H19N3O2/c1-4-14-26-19-12-10-17(11-13-19)23(3)21(25)20-15-16(2)24(22-20)18-8-6-5-7-9-18/h1,5-13,15H,14H2,2-3H3. The molecular formula is C21H19N3O2. The first-order valence-corrected chi connectivity index (χ1v) is 8.16. The van der Waals surface area contributed by atoms with Crippen LogP contribution in [0, 0.1) is 19.3 Å². The van der Waals surface area contributed by atoms with Crippen molar-refractivity contribution in [1.29, 1.82) is 0 Å². The Labute approximate surface area is 152 Å². The van der Waals surface area contributed by atoms with Crippen molar-refractivity contribution in [3.05, 3.63) is 72.1 Å². The summed E-state index contributed by atoms with van der Waals surface area (Å²) in [4.78, 5) is 14.3. The van der Waals surface area contributed by atoms with Crippen molar-refractivity contribution < 1.29 is 9.53 Å². The van der Waals surface area contributed by atoms with E-state index in [1.54, 1.807) is 34.8 Å². The molecule has 3 rings (SSSR count). The molecule has 0 atom stereocenters. The molecule has 1 heterocycles. The third-order valence-electron chi connectivity index (χ3n) is 3.96. The molecule has 0 spiro atoms. The van der Waals surface area contributed by atoms with Crippen molar-refractivity contribution in [2.75, 3.05) is 18.6 Å². The van der Waals surface area contributed by atoms with Crippen LogP contribution in [0.5, 0.6) is 5.75 Å². The lowest BCUT2D eigenvalue weighted by Crippen LogP contribution is -2.26. The summed E-state index contributed by atoms with van der Waals surface area (Å²) in [6, 6.07) is 18.7. The van der Waals surface area contributed by atoms with E-state index in [0.717, 1.165) is 17.1 Å². The zero-order chi connectivity index (χ0) is 18.5. The van der Waals surface area contributed by atoms with Gasteiger partial charge in [0, 0.05) is 18.4 Å². The number of para-hydroxylation sites is 1. The normalized spacial score (nSPS) is 10.2. The Hall–Kier alpha value is -3.52. The molecule has 5 heteroatoms. The van der Waals surface area contributed by atoms with Gasteiger partial charge in [-0.15, -0.1) is 6.42 Å². The smallest absolute Gasteiger partial charge is 0.278 e. The summed E-state index contributed by atoms with van der Waals surface area (Å²) >= 11 is 0. The van der Waals surface area contributed by atoms with Gasteiger partial charge >= 0.3 is 0 Å². The van der Waals surface area contributed by atoms with E-state index in [9.17, 15) is 4.79 Å². The van der Waals surface area contributed by atoms with Crippen LogP contribution in [0.4, 0.5) is 5.69 Å². The number of hydrogen-bond acceptors (Lipinski definition) is 3. The third-order valence-corrected chi connectivity index (χ3v) is 3.96. The minimum Gasteiger partial charge on any atom is -0.481 e. The van der Waals surface area contributed by atoms with E-state index in [0.29, 0.717) is 11.4 Å². The monoisotopic (exact) mass is 345 g/mol. The molecule has 130 valence electrons. The maximum absolute atomic E-state index is 12.8. The average Bonchev–Trinajstić information content (AvgIpc) is 3.08. The Morgan fingerprint density at radius 3 is 2.54 bits per heavy atom. The molecule has 0 aliphatic carbocycles.